The Morgan fingerprint density at radius 2 is 2.33 bits per heavy atom. The number of pyridine rings is 1. The lowest BCUT2D eigenvalue weighted by molar-refractivity contribution is -0.0722. The molecule has 2 aromatic heterocycles. The molecule has 18 heavy (non-hydrogen) atoms. The molecule has 0 bridgehead atoms. The summed E-state index contributed by atoms with van der Waals surface area (Å²) in [6, 6.07) is 5.63. The third kappa shape index (κ3) is 1.66. The van der Waals surface area contributed by atoms with Crippen LogP contribution in [0, 0.1) is 11.3 Å². The molecule has 0 unspecified atom stereocenters. The van der Waals surface area contributed by atoms with Crippen LogP contribution in [-0.4, -0.2) is 27.3 Å². The van der Waals surface area contributed by atoms with Gasteiger partial charge in [0.1, 0.15) is 5.82 Å². The van der Waals surface area contributed by atoms with Gasteiger partial charge in [-0.1, -0.05) is 0 Å². The molecule has 0 spiro atoms. The average molecular weight is 242 g/mol. The molecule has 0 atom stereocenters. The van der Waals surface area contributed by atoms with Crippen molar-refractivity contribution in [3.05, 3.63) is 29.7 Å². The maximum Gasteiger partial charge on any atom is 0.162 e. The Hall–Kier alpha value is -1.93. The van der Waals surface area contributed by atoms with Gasteiger partial charge in [0.05, 0.1) is 17.2 Å². The number of methoxy groups -OCH3 is 1. The van der Waals surface area contributed by atoms with Gasteiger partial charge in [-0.2, -0.15) is 5.26 Å². The second-order valence-corrected chi connectivity index (χ2v) is 4.79. The molecule has 0 saturated heterocycles. The summed E-state index contributed by atoms with van der Waals surface area (Å²) in [5, 5.41) is 17.2. The number of hydrogen-bond acceptors (Lipinski definition) is 4. The lowest BCUT2D eigenvalue weighted by Crippen LogP contribution is -2.41. The lowest BCUT2D eigenvalue weighted by Gasteiger charge is -2.39. The van der Waals surface area contributed by atoms with Gasteiger partial charge in [-0.05, 0) is 25.3 Å². The van der Waals surface area contributed by atoms with E-state index in [1.807, 2.05) is 10.6 Å². The molecule has 0 aliphatic heterocycles. The van der Waals surface area contributed by atoms with Gasteiger partial charge in [-0.3, -0.25) is 4.40 Å². The molecule has 0 N–H and O–H groups in total. The van der Waals surface area contributed by atoms with Gasteiger partial charge in [-0.25, -0.2) is 0 Å². The quantitative estimate of drug-likeness (QED) is 0.822. The molecular formula is C13H14N4O. The first-order valence-electron chi connectivity index (χ1n) is 6.05. The van der Waals surface area contributed by atoms with Crippen molar-refractivity contribution >= 4 is 5.65 Å². The second-order valence-electron chi connectivity index (χ2n) is 4.79. The van der Waals surface area contributed by atoms with Crippen LogP contribution in [0.5, 0.6) is 0 Å². The van der Waals surface area contributed by atoms with Gasteiger partial charge in [0.25, 0.3) is 0 Å². The SMILES string of the molecule is COC1(Cc2nnc3cc(C#N)ccn23)CCC1. The van der Waals surface area contributed by atoms with Crippen molar-refractivity contribution in [1.29, 1.82) is 5.26 Å². The zero-order chi connectivity index (χ0) is 12.6. The van der Waals surface area contributed by atoms with E-state index >= 15 is 0 Å². The monoisotopic (exact) mass is 242 g/mol. The fraction of sp³-hybridized carbons (Fsp3) is 0.462. The minimum atomic E-state index is -0.0587. The summed E-state index contributed by atoms with van der Waals surface area (Å²) in [4.78, 5) is 0. The fourth-order valence-corrected chi connectivity index (χ4v) is 2.44. The molecule has 1 aliphatic carbocycles. The molecule has 1 saturated carbocycles. The summed E-state index contributed by atoms with van der Waals surface area (Å²) in [5.41, 5.74) is 1.26. The highest BCUT2D eigenvalue weighted by Crippen LogP contribution is 2.37. The highest BCUT2D eigenvalue weighted by Gasteiger charge is 2.38. The molecule has 2 aromatic rings. The number of hydrogen-bond donors (Lipinski definition) is 0. The summed E-state index contributed by atoms with van der Waals surface area (Å²) >= 11 is 0. The molecule has 2 heterocycles. The fourth-order valence-electron chi connectivity index (χ4n) is 2.44. The average Bonchev–Trinajstić information content (AvgIpc) is 2.76. The van der Waals surface area contributed by atoms with E-state index in [0.717, 1.165) is 30.7 Å². The van der Waals surface area contributed by atoms with Crippen molar-refractivity contribution in [2.24, 2.45) is 0 Å². The summed E-state index contributed by atoms with van der Waals surface area (Å²) in [7, 11) is 1.76. The third-order valence-electron chi connectivity index (χ3n) is 3.79. The van der Waals surface area contributed by atoms with Gasteiger partial charge >= 0.3 is 0 Å². The van der Waals surface area contributed by atoms with Crippen molar-refractivity contribution in [3.8, 4) is 6.07 Å². The van der Waals surface area contributed by atoms with Crippen LogP contribution in [0.15, 0.2) is 18.3 Å². The Balaban J connectivity index is 1.96. The highest BCUT2D eigenvalue weighted by atomic mass is 16.5. The van der Waals surface area contributed by atoms with Crippen LogP contribution in [-0.2, 0) is 11.2 Å². The van der Waals surface area contributed by atoms with E-state index in [1.54, 1.807) is 19.2 Å². The second kappa shape index (κ2) is 4.07. The van der Waals surface area contributed by atoms with Crippen LogP contribution in [0.25, 0.3) is 5.65 Å². The Morgan fingerprint density at radius 1 is 1.50 bits per heavy atom. The zero-order valence-electron chi connectivity index (χ0n) is 10.3. The molecule has 0 radical (unpaired) electrons. The summed E-state index contributed by atoms with van der Waals surface area (Å²) in [6.45, 7) is 0. The van der Waals surface area contributed by atoms with Gasteiger partial charge in [0.2, 0.25) is 0 Å². The first kappa shape index (κ1) is 11.2. The molecule has 3 rings (SSSR count). The van der Waals surface area contributed by atoms with E-state index in [4.69, 9.17) is 10.00 Å². The summed E-state index contributed by atoms with van der Waals surface area (Å²) < 4.78 is 7.54. The number of nitrogens with zero attached hydrogens (tertiary/aromatic N) is 4. The summed E-state index contributed by atoms with van der Waals surface area (Å²) in [5.74, 6) is 0.899. The van der Waals surface area contributed by atoms with Gasteiger partial charge < -0.3 is 4.74 Å². The molecule has 0 amide bonds. The van der Waals surface area contributed by atoms with Crippen molar-refractivity contribution in [3.63, 3.8) is 0 Å². The van der Waals surface area contributed by atoms with E-state index < -0.39 is 0 Å². The maximum atomic E-state index is 8.85. The predicted molar refractivity (Wildman–Crippen MR) is 65.0 cm³/mol. The number of fused-ring (bicyclic) bond motifs is 1. The van der Waals surface area contributed by atoms with Crippen molar-refractivity contribution < 1.29 is 4.74 Å². The first-order chi connectivity index (χ1) is 8.76. The maximum absolute atomic E-state index is 8.85. The smallest absolute Gasteiger partial charge is 0.162 e. The van der Waals surface area contributed by atoms with Crippen LogP contribution < -0.4 is 0 Å². The van der Waals surface area contributed by atoms with Gasteiger partial charge in [0, 0.05) is 25.8 Å². The van der Waals surface area contributed by atoms with Crippen LogP contribution in [0.4, 0.5) is 0 Å². The van der Waals surface area contributed by atoms with E-state index in [0.29, 0.717) is 5.56 Å². The number of rotatable bonds is 3. The normalized spacial score (nSPS) is 17.3. The third-order valence-corrected chi connectivity index (χ3v) is 3.79. The Morgan fingerprint density at radius 3 is 2.94 bits per heavy atom. The minimum Gasteiger partial charge on any atom is -0.378 e. The minimum absolute atomic E-state index is 0.0587. The molecule has 92 valence electrons. The Bertz CT molecular complexity index is 616. The van der Waals surface area contributed by atoms with Crippen molar-refractivity contribution in [2.75, 3.05) is 7.11 Å². The molecule has 1 fully saturated rings. The molecule has 1 aliphatic rings. The molecule has 5 heteroatoms. The standard InChI is InChI=1S/C13H14N4O/c1-18-13(4-2-5-13)8-12-16-15-11-7-10(9-14)3-6-17(11)12/h3,6-7H,2,4-5,8H2,1H3. The number of ether oxygens (including phenoxy) is 1. The lowest BCUT2D eigenvalue weighted by atomic mass is 9.77. The van der Waals surface area contributed by atoms with Crippen LogP contribution in [0.1, 0.15) is 30.7 Å². The molecular weight excluding hydrogens is 228 g/mol. The zero-order valence-corrected chi connectivity index (χ0v) is 10.3. The van der Waals surface area contributed by atoms with Crippen LogP contribution in [0.2, 0.25) is 0 Å². The van der Waals surface area contributed by atoms with E-state index in [1.165, 1.54) is 6.42 Å². The van der Waals surface area contributed by atoms with Gasteiger partial charge in [-0.15, -0.1) is 10.2 Å². The van der Waals surface area contributed by atoms with E-state index in [9.17, 15) is 0 Å². The van der Waals surface area contributed by atoms with Gasteiger partial charge in [0.15, 0.2) is 5.65 Å². The van der Waals surface area contributed by atoms with Crippen molar-refractivity contribution in [1.82, 2.24) is 14.6 Å². The van der Waals surface area contributed by atoms with E-state index in [-0.39, 0.29) is 5.60 Å². The topological polar surface area (TPSA) is 63.2 Å². The predicted octanol–water partition coefficient (Wildman–Crippen LogP) is 1.71. The Kier molecular flexibility index (Phi) is 2.53. The van der Waals surface area contributed by atoms with Crippen LogP contribution >= 0.6 is 0 Å². The summed E-state index contributed by atoms with van der Waals surface area (Å²) in [6.07, 6.45) is 5.99. The largest absolute Gasteiger partial charge is 0.378 e. The van der Waals surface area contributed by atoms with Crippen LogP contribution in [0.3, 0.4) is 0 Å². The highest BCUT2D eigenvalue weighted by molar-refractivity contribution is 5.45. The Labute approximate surface area is 105 Å². The molecule has 0 aromatic carbocycles. The van der Waals surface area contributed by atoms with Crippen molar-refractivity contribution in [2.45, 2.75) is 31.3 Å². The first-order valence-corrected chi connectivity index (χ1v) is 6.05. The van der Waals surface area contributed by atoms with E-state index in [2.05, 4.69) is 16.3 Å². The molecule has 5 nitrogen and oxygen atoms in total. The number of aromatic nitrogens is 3. The number of nitriles is 1.